The van der Waals surface area contributed by atoms with E-state index in [0.29, 0.717) is 19.1 Å². The van der Waals surface area contributed by atoms with Crippen molar-refractivity contribution < 1.29 is 4.74 Å². The first-order valence-corrected chi connectivity index (χ1v) is 6.77. The van der Waals surface area contributed by atoms with Crippen molar-refractivity contribution in [2.45, 2.75) is 46.7 Å². The average molecular weight is 255 g/mol. The number of hydrogen-bond acceptors (Lipinski definition) is 5. The second-order valence-corrected chi connectivity index (χ2v) is 4.81. The molecule has 0 atom stereocenters. The smallest absolute Gasteiger partial charge is 0.165 e. The maximum absolute atomic E-state index is 5.51. The Balaban J connectivity index is 2.22. The van der Waals surface area contributed by atoms with E-state index in [4.69, 9.17) is 4.74 Å². The third-order valence-electron chi connectivity index (χ3n) is 2.53. The van der Waals surface area contributed by atoms with Crippen LogP contribution in [0.2, 0.25) is 0 Å². The van der Waals surface area contributed by atoms with Gasteiger partial charge in [-0.3, -0.25) is 0 Å². The van der Waals surface area contributed by atoms with Crippen molar-refractivity contribution in [2.24, 2.45) is 5.92 Å². The van der Waals surface area contributed by atoms with Crippen molar-refractivity contribution in [3.8, 4) is 0 Å². The topological polar surface area (TPSA) is 64.9 Å². The first-order valence-electron chi connectivity index (χ1n) is 6.77. The average Bonchev–Trinajstić information content (AvgIpc) is 2.76. The van der Waals surface area contributed by atoms with E-state index < -0.39 is 0 Å². The summed E-state index contributed by atoms with van der Waals surface area (Å²) in [6.45, 7) is 10.4. The van der Waals surface area contributed by atoms with Gasteiger partial charge in [-0.2, -0.15) is 0 Å². The Kier molecular flexibility index (Phi) is 7.52. The summed E-state index contributed by atoms with van der Waals surface area (Å²) >= 11 is 0. The minimum atomic E-state index is 0.631. The van der Waals surface area contributed by atoms with Gasteiger partial charge >= 0.3 is 0 Å². The van der Waals surface area contributed by atoms with Crippen LogP contribution in [0.1, 0.15) is 39.4 Å². The minimum Gasteiger partial charge on any atom is -0.380 e. The molecule has 0 saturated carbocycles. The summed E-state index contributed by atoms with van der Waals surface area (Å²) in [7, 11) is 0. The molecule has 6 heteroatoms. The SMILES string of the molecule is CCCCOCCn1nnnc1CNCC(C)C. The molecule has 6 nitrogen and oxygen atoms in total. The first-order chi connectivity index (χ1) is 8.74. The molecular weight excluding hydrogens is 230 g/mol. The lowest BCUT2D eigenvalue weighted by Gasteiger charge is -2.08. The Morgan fingerprint density at radius 1 is 1.33 bits per heavy atom. The van der Waals surface area contributed by atoms with Crippen LogP contribution in [0.3, 0.4) is 0 Å². The van der Waals surface area contributed by atoms with Crippen LogP contribution >= 0.6 is 0 Å². The molecule has 1 N–H and O–H groups in total. The van der Waals surface area contributed by atoms with Gasteiger partial charge in [-0.1, -0.05) is 27.2 Å². The Morgan fingerprint density at radius 2 is 2.17 bits per heavy atom. The van der Waals surface area contributed by atoms with Crippen LogP contribution in [0.25, 0.3) is 0 Å². The summed E-state index contributed by atoms with van der Waals surface area (Å²) in [5.41, 5.74) is 0. The Morgan fingerprint density at radius 3 is 2.89 bits per heavy atom. The van der Waals surface area contributed by atoms with Crippen LogP contribution in [-0.4, -0.2) is 40.0 Å². The maximum Gasteiger partial charge on any atom is 0.165 e. The van der Waals surface area contributed by atoms with Gasteiger partial charge in [0.15, 0.2) is 5.82 Å². The number of nitrogens with one attached hydrogen (secondary N) is 1. The third-order valence-corrected chi connectivity index (χ3v) is 2.53. The molecule has 0 radical (unpaired) electrons. The zero-order chi connectivity index (χ0) is 13.2. The van der Waals surface area contributed by atoms with Gasteiger partial charge in [0, 0.05) is 6.61 Å². The number of tetrazole rings is 1. The summed E-state index contributed by atoms with van der Waals surface area (Å²) in [6.07, 6.45) is 2.27. The standard InChI is InChI=1S/C12H25N5O/c1-4-5-7-18-8-6-17-12(14-15-16-17)10-13-9-11(2)3/h11,13H,4-10H2,1-3H3. The van der Waals surface area contributed by atoms with Crippen LogP contribution in [-0.2, 0) is 17.8 Å². The van der Waals surface area contributed by atoms with E-state index in [9.17, 15) is 0 Å². The molecule has 1 aromatic heterocycles. The van der Waals surface area contributed by atoms with Crippen molar-refractivity contribution in [1.82, 2.24) is 25.5 Å². The van der Waals surface area contributed by atoms with E-state index in [2.05, 4.69) is 41.6 Å². The quantitative estimate of drug-likeness (QED) is 0.637. The predicted octanol–water partition coefficient (Wildman–Crippen LogP) is 1.24. The van der Waals surface area contributed by atoms with Gasteiger partial charge in [0.2, 0.25) is 0 Å². The maximum atomic E-state index is 5.51. The first kappa shape index (κ1) is 15.0. The molecule has 0 aromatic carbocycles. The van der Waals surface area contributed by atoms with Gasteiger partial charge in [0.25, 0.3) is 0 Å². The van der Waals surface area contributed by atoms with Gasteiger partial charge < -0.3 is 10.1 Å². The van der Waals surface area contributed by atoms with Crippen LogP contribution < -0.4 is 5.32 Å². The minimum absolute atomic E-state index is 0.631. The van der Waals surface area contributed by atoms with Gasteiger partial charge in [0.1, 0.15) is 0 Å². The van der Waals surface area contributed by atoms with Crippen LogP contribution in [0, 0.1) is 5.92 Å². The Hall–Kier alpha value is -1.01. The molecule has 0 spiro atoms. The molecule has 0 bridgehead atoms. The highest BCUT2D eigenvalue weighted by molar-refractivity contribution is 4.79. The molecule has 0 aliphatic heterocycles. The molecule has 0 amide bonds. The summed E-state index contributed by atoms with van der Waals surface area (Å²) < 4.78 is 7.31. The molecular formula is C12H25N5O. The van der Waals surface area contributed by atoms with Gasteiger partial charge in [-0.15, -0.1) is 5.10 Å². The summed E-state index contributed by atoms with van der Waals surface area (Å²) in [4.78, 5) is 0. The van der Waals surface area contributed by atoms with Crippen LogP contribution in [0.4, 0.5) is 0 Å². The van der Waals surface area contributed by atoms with Crippen LogP contribution in [0.5, 0.6) is 0 Å². The van der Waals surface area contributed by atoms with E-state index in [1.165, 1.54) is 0 Å². The second kappa shape index (κ2) is 8.99. The largest absolute Gasteiger partial charge is 0.380 e. The van der Waals surface area contributed by atoms with Crippen LogP contribution in [0.15, 0.2) is 0 Å². The van der Waals surface area contributed by atoms with E-state index in [0.717, 1.165) is 38.4 Å². The van der Waals surface area contributed by atoms with Crippen molar-refractivity contribution in [2.75, 3.05) is 19.8 Å². The fourth-order valence-corrected chi connectivity index (χ4v) is 1.50. The molecule has 1 aromatic rings. The van der Waals surface area contributed by atoms with Crippen molar-refractivity contribution in [3.05, 3.63) is 5.82 Å². The highest BCUT2D eigenvalue weighted by Crippen LogP contribution is 1.95. The van der Waals surface area contributed by atoms with Crippen molar-refractivity contribution in [3.63, 3.8) is 0 Å². The van der Waals surface area contributed by atoms with E-state index >= 15 is 0 Å². The fourth-order valence-electron chi connectivity index (χ4n) is 1.50. The van der Waals surface area contributed by atoms with Gasteiger partial charge in [0.05, 0.1) is 19.7 Å². The Labute approximate surface area is 109 Å². The molecule has 0 saturated heterocycles. The lowest BCUT2D eigenvalue weighted by molar-refractivity contribution is 0.120. The number of hydrogen-bond donors (Lipinski definition) is 1. The van der Waals surface area contributed by atoms with Gasteiger partial charge in [-0.25, -0.2) is 4.68 Å². The molecule has 1 rings (SSSR count). The summed E-state index contributed by atoms with van der Waals surface area (Å²) in [5, 5.41) is 15.0. The highest BCUT2D eigenvalue weighted by Gasteiger charge is 2.05. The lowest BCUT2D eigenvalue weighted by atomic mass is 10.2. The molecule has 0 fully saturated rings. The number of nitrogens with zero attached hydrogens (tertiary/aromatic N) is 4. The lowest BCUT2D eigenvalue weighted by Crippen LogP contribution is -2.22. The fraction of sp³-hybridized carbons (Fsp3) is 0.917. The van der Waals surface area contributed by atoms with E-state index in [-0.39, 0.29) is 0 Å². The third kappa shape index (κ3) is 6.07. The highest BCUT2D eigenvalue weighted by atomic mass is 16.5. The Bertz CT molecular complexity index is 313. The van der Waals surface area contributed by atoms with E-state index in [1.807, 2.05) is 0 Å². The number of rotatable bonds is 10. The normalized spacial score (nSPS) is 11.3. The molecule has 0 aliphatic carbocycles. The number of aromatic nitrogens is 4. The zero-order valence-corrected chi connectivity index (χ0v) is 11.7. The molecule has 1 heterocycles. The molecule has 104 valence electrons. The van der Waals surface area contributed by atoms with Gasteiger partial charge in [-0.05, 0) is 29.3 Å². The zero-order valence-electron chi connectivity index (χ0n) is 11.7. The van der Waals surface area contributed by atoms with Crippen molar-refractivity contribution in [1.29, 1.82) is 0 Å². The van der Waals surface area contributed by atoms with Crippen molar-refractivity contribution >= 4 is 0 Å². The molecule has 0 unspecified atom stereocenters. The van der Waals surface area contributed by atoms with E-state index in [1.54, 1.807) is 4.68 Å². The predicted molar refractivity (Wildman–Crippen MR) is 70.1 cm³/mol. The summed E-state index contributed by atoms with van der Waals surface area (Å²) in [5.74, 6) is 1.50. The number of ether oxygens (including phenoxy) is 1. The monoisotopic (exact) mass is 255 g/mol. The second-order valence-electron chi connectivity index (χ2n) is 4.81. The number of unbranched alkanes of at least 4 members (excludes halogenated alkanes) is 1. The summed E-state index contributed by atoms with van der Waals surface area (Å²) in [6, 6.07) is 0. The molecule has 18 heavy (non-hydrogen) atoms. The molecule has 0 aliphatic rings.